The third kappa shape index (κ3) is 2.93. The molecule has 0 heterocycles. The first-order valence-electron chi connectivity index (χ1n) is 5.88. The second-order valence-corrected chi connectivity index (χ2v) is 4.33. The molecule has 0 fully saturated rings. The molecule has 1 aromatic carbocycles. The summed E-state index contributed by atoms with van der Waals surface area (Å²) in [6.45, 7) is 0. The zero-order chi connectivity index (χ0) is 14.8. The Kier molecular flexibility index (Phi) is 3.99. The number of aliphatic hydroxyl groups is 2. The van der Waals surface area contributed by atoms with Crippen LogP contribution >= 0.6 is 0 Å². The van der Waals surface area contributed by atoms with Crippen LogP contribution in [0.2, 0.25) is 0 Å². The molecule has 0 amide bonds. The van der Waals surface area contributed by atoms with Gasteiger partial charge in [0.15, 0.2) is 6.21 Å². The molecule has 0 aromatic heterocycles. The van der Waals surface area contributed by atoms with E-state index in [0.29, 0.717) is 10.3 Å². The molecule has 1 aliphatic rings. The number of benzene rings is 1. The lowest BCUT2D eigenvalue weighted by molar-refractivity contribution is -0.354. The molecular weight excluding hydrogens is 265 g/mol. The number of methoxy groups -OCH3 is 1. The molecule has 6 heteroatoms. The van der Waals surface area contributed by atoms with Crippen LogP contribution in [0, 0.1) is 11.0 Å². The van der Waals surface area contributed by atoms with Crippen LogP contribution in [-0.4, -0.2) is 40.2 Å². The molecule has 2 rings (SSSR count). The van der Waals surface area contributed by atoms with Gasteiger partial charge in [0.25, 0.3) is 0 Å². The lowest BCUT2D eigenvalue weighted by Crippen LogP contribution is -2.42. The van der Waals surface area contributed by atoms with Crippen molar-refractivity contribution in [2.45, 2.75) is 11.9 Å². The molecule has 0 spiro atoms. The Hall–Kier alpha value is -2.02. The van der Waals surface area contributed by atoms with Crippen molar-refractivity contribution in [2.75, 3.05) is 7.11 Å². The normalized spacial score (nSPS) is 26.5. The summed E-state index contributed by atoms with van der Waals surface area (Å²) in [5, 5.41) is 31.4. The van der Waals surface area contributed by atoms with Crippen molar-refractivity contribution >= 4 is 11.9 Å². The molecule has 1 aromatic rings. The first-order chi connectivity index (χ1) is 9.44. The Labute approximate surface area is 115 Å². The average Bonchev–Trinajstić information content (AvgIpc) is 2.44. The maximum Gasteiger partial charge on any atom is 0.216 e. The van der Waals surface area contributed by atoms with E-state index >= 15 is 0 Å². The number of rotatable bonds is 3. The summed E-state index contributed by atoms with van der Waals surface area (Å²) in [7, 11) is 1.26. The van der Waals surface area contributed by atoms with E-state index in [1.54, 1.807) is 0 Å². The van der Waals surface area contributed by atoms with Crippen molar-refractivity contribution in [1.82, 2.24) is 0 Å². The number of nitrogens with zero attached hydrogens (tertiary/aromatic N) is 1. The Balaban J connectivity index is 2.22. The molecule has 2 atom stereocenters. The largest absolute Gasteiger partial charge is 0.618 e. The first kappa shape index (κ1) is 14.4. The van der Waals surface area contributed by atoms with E-state index in [0.717, 1.165) is 0 Å². The van der Waals surface area contributed by atoms with Gasteiger partial charge >= 0.3 is 0 Å². The smallest absolute Gasteiger partial charge is 0.216 e. The van der Waals surface area contributed by atoms with Gasteiger partial charge in [-0.3, -0.25) is 0 Å². The molecule has 5 nitrogen and oxygen atoms in total. The Morgan fingerprint density at radius 3 is 2.60 bits per heavy atom. The minimum Gasteiger partial charge on any atom is -0.618 e. The summed E-state index contributed by atoms with van der Waals surface area (Å²) < 4.78 is 18.1. The molecule has 0 saturated carbocycles. The van der Waals surface area contributed by atoms with E-state index in [4.69, 9.17) is 4.74 Å². The van der Waals surface area contributed by atoms with Crippen molar-refractivity contribution in [3.05, 3.63) is 59.1 Å². The second kappa shape index (κ2) is 5.54. The zero-order valence-electron chi connectivity index (χ0n) is 10.7. The molecule has 0 aliphatic heterocycles. The van der Waals surface area contributed by atoms with Crippen LogP contribution in [0.5, 0.6) is 0 Å². The second-order valence-electron chi connectivity index (χ2n) is 4.33. The summed E-state index contributed by atoms with van der Waals surface area (Å²) in [5.41, 5.74) is 0.654. The summed E-state index contributed by atoms with van der Waals surface area (Å²) >= 11 is 0. The zero-order valence-corrected chi connectivity index (χ0v) is 10.7. The molecule has 106 valence electrons. The van der Waals surface area contributed by atoms with Crippen molar-refractivity contribution in [2.24, 2.45) is 0 Å². The fourth-order valence-corrected chi connectivity index (χ4v) is 1.74. The minimum atomic E-state index is -1.79. The minimum absolute atomic E-state index is 0.253. The van der Waals surface area contributed by atoms with Crippen molar-refractivity contribution < 1.29 is 24.1 Å². The van der Waals surface area contributed by atoms with E-state index < -0.39 is 17.7 Å². The fraction of sp³-hybridized carbons (Fsp3) is 0.214. The van der Waals surface area contributed by atoms with E-state index in [1.807, 2.05) is 0 Å². The van der Waals surface area contributed by atoms with E-state index in [1.165, 1.54) is 55.8 Å². The van der Waals surface area contributed by atoms with Gasteiger partial charge in [-0.1, -0.05) is 0 Å². The summed E-state index contributed by atoms with van der Waals surface area (Å²) in [6.07, 6.45) is 3.91. The van der Waals surface area contributed by atoms with Crippen LogP contribution in [0.15, 0.2) is 48.1 Å². The number of aliphatic hydroxyl groups excluding tert-OH is 1. The van der Waals surface area contributed by atoms with Gasteiger partial charge in [0.05, 0.1) is 0 Å². The maximum absolute atomic E-state index is 12.8. The fourth-order valence-electron chi connectivity index (χ4n) is 1.74. The van der Waals surface area contributed by atoms with Gasteiger partial charge in [0.2, 0.25) is 11.5 Å². The van der Waals surface area contributed by atoms with Gasteiger partial charge in [-0.15, -0.1) is 0 Å². The predicted octanol–water partition coefficient (Wildman–Crippen LogP) is 1.23. The lowest BCUT2D eigenvalue weighted by atomic mass is 10.00. The molecular formula is C14H14FNO4. The highest BCUT2D eigenvalue weighted by Gasteiger charge is 2.34. The monoisotopic (exact) mass is 279 g/mol. The number of allylic oxidation sites excluding steroid dienone is 2. The quantitative estimate of drug-likeness (QED) is 0.287. The van der Waals surface area contributed by atoms with Gasteiger partial charge in [0, 0.05) is 24.8 Å². The van der Waals surface area contributed by atoms with Crippen LogP contribution in [0.4, 0.5) is 10.1 Å². The van der Waals surface area contributed by atoms with Crippen LogP contribution < -0.4 is 0 Å². The molecule has 2 unspecified atom stereocenters. The highest BCUT2D eigenvalue weighted by atomic mass is 19.1. The van der Waals surface area contributed by atoms with Crippen LogP contribution in [-0.2, 0) is 4.74 Å². The Bertz CT molecular complexity index is 579. The predicted molar refractivity (Wildman–Crippen MR) is 70.9 cm³/mol. The topological polar surface area (TPSA) is 75.8 Å². The molecule has 0 bridgehead atoms. The highest BCUT2D eigenvalue weighted by Crippen LogP contribution is 2.22. The third-order valence-corrected chi connectivity index (χ3v) is 2.96. The molecule has 20 heavy (non-hydrogen) atoms. The van der Waals surface area contributed by atoms with Crippen LogP contribution in [0.1, 0.15) is 0 Å². The van der Waals surface area contributed by atoms with Crippen molar-refractivity contribution in [3.63, 3.8) is 0 Å². The number of hydrogen-bond donors (Lipinski definition) is 2. The van der Waals surface area contributed by atoms with Crippen molar-refractivity contribution in [1.29, 1.82) is 0 Å². The van der Waals surface area contributed by atoms with Crippen LogP contribution in [0.3, 0.4) is 0 Å². The summed E-state index contributed by atoms with van der Waals surface area (Å²) in [6, 6.07) is 5.04. The molecule has 2 N–H and O–H groups in total. The summed E-state index contributed by atoms with van der Waals surface area (Å²) in [5.74, 6) is -2.22. The highest BCUT2D eigenvalue weighted by molar-refractivity contribution is 5.80. The maximum atomic E-state index is 12.8. The lowest BCUT2D eigenvalue weighted by Gasteiger charge is -2.28. The SMILES string of the molecule is COC1(O)C=CC(C=[N+]([O-])c2ccc(F)cc2)=CC1O. The number of ether oxygens (including phenoxy) is 1. The van der Waals surface area contributed by atoms with E-state index in [2.05, 4.69) is 0 Å². The van der Waals surface area contributed by atoms with Gasteiger partial charge in [-0.05, 0) is 30.4 Å². The van der Waals surface area contributed by atoms with E-state index in [-0.39, 0.29) is 5.69 Å². The van der Waals surface area contributed by atoms with Gasteiger partial charge in [0.1, 0.15) is 11.9 Å². The first-order valence-corrected chi connectivity index (χ1v) is 5.88. The molecule has 0 saturated heterocycles. The third-order valence-electron chi connectivity index (χ3n) is 2.96. The number of halogens is 1. The van der Waals surface area contributed by atoms with Crippen LogP contribution in [0.25, 0.3) is 0 Å². The van der Waals surface area contributed by atoms with Gasteiger partial charge in [-0.2, -0.15) is 4.74 Å². The van der Waals surface area contributed by atoms with Crippen molar-refractivity contribution in [3.8, 4) is 0 Å². The standard InChI is InChI=1S/C14H14FNO4/c1-20-14(18)7-6-10(8-13(14)17)9-16(19)12-4-2-11(15)3-5-12/h2-9,13,17-18H,1H3. The Morgan fingerprint density at radius 2 is 2.05 bits per heavy atom. The molecule has 0 radical (unpaired) electrons. The average molecular weight is 279 g/mol. The number of hydrogen-bond acceptors (Lipinski definition) is 4. The van der Waals surface area contributed by atoms with Gasteiger partial charge < -0.3 is 20.2 Å². The summed E-state index contributed by atoms with van der Waals surface area (Å²) in [4.78, 5) is 0. The van der Waals surface area contributed by atoms with E-state index in [9.17, 15) is 19.8 Å². The Morgan fingerprint density at radius 1 is 1.40 bits per heavy atom. The molecule has 1 aliphatic carbocycles. The van der Waals surface area contributed by atoms with Gasteiger partial charge in [-0.25, -0.2) is 4.39 Å².